The summed E-state index contributed by atoms with van der Waals surface area (Å²) >= 11 is 1.42. The number of amides is 1. The van der Waals surface area contributed by atoms with Crippen molar-refractivity contribution in [2.75, 3.05) is 12.3 Å². The Morgan fingerprint density at radius 3 is 2.96 bits per heavy atom. The van der Waals surface area contributed by atoms with Crippen LogP contribution in [-0.4, -0.2) is 29.1 Å². The van der Waals surface area contributed by atoms with E-state index in [0.29, 0.717) is 17.3 Å². The predicted octanol–water partition coefficient (Wildman–Crippen LogP) is 3.41. The van der Waals surface area contributed by atoms with Gasteiger partial charge >= 0.3 is 0 Å². The number of nitrogen functional groups attached to an aromatic ring is 1. The van der Waals surface area contributed by atoms with E-state index in [4.69, 9.17) is 10.5 Å². The highest BCUT2D eigenvalue weighted by molar-refractivity contribution is 7.22. The minimum atomic E-state index is -0.0339. The summed E-state index contributed by atoms with van der Waals surface area (Å²) in [7, 11) is 0. The quantitative estimate of drug-likeness (QED) is 0.874. The smallest absolute Gasteiger partial charge is 0.251 e. The summed E-state index contributed by atoms with van der Waals surface area (Å²) in [6.45, 7) is 2.59. The molecule has 1 saturated carbocycles. The molecule has 1 amide bonds. The zero-order valence-corrected chi connectivity index (χ0v) is 14.7. The van der Waals surface area contributed by atoms with E-state index in [1.54, 1.807) is 0 Å². The molecular weight excluding hydrogens is 322 g/mol. The van der Waals surface area contributed by atoms with Crippen LogP contribution in [0.3, 0.4) is 0 Å². The number of aryl methyl sites for hydroxylation is 1. The molecule has 0 unspecified atom stereocenters. The fourth-order valence-electron chi connectivity index (χ4n) is 4.10. The molecule has 4 rings (SSSR count). The van der Waals surface area contributed by atoms with Gasteiger partial charge in [0, 0.05) is 5.56 Å². The molecule has 1 aliphatic heterocycles. The third-order valence-corrected chi connectivity index (χ3v) is 6.10. The molecule has 5 nitrogen and oxygen atoms in total. The minimum Gasteiger partial charge on any atom is -0.375 e. The largest absolute Gasteiger partial charge is 0.375 e. The van der Waals surface area contributed by atoms with E-state index >= 15 is 0 Å². The number of aromatic nitrogens is 1. The van der Waals surface area contributed by atoms with Gasteiger partial charge < -0.3 is 15.8 Å². The van der Waals surface area contributed by atoms with Gasteiger partial charge in [-0.1, -0.05) is 30.6 Å². The van der Waals surface area contributed by atoms with Gasteiger partial charge in [-0.25, -0.2) is 4.98 Å². The molecule has 24 heavy (non-hydrogen) atoms. The number of thiazole rings is 1. The van der Waals surface area contributed by atoms with E-state index in [9.17, 15) is 4.79 Å². The normalized spacial score (nSPS) is 23.0. The number of fused-ring (bicyclic) bond motifs is 1. The lowest BCUT2D eigenvalue weighted by molar-refractivity contribution is -0.0246. The summed E-state index contributed by atoms with van der Waals surface area (Å²) in [5.41, 5.74) is 8.35. The van der Waals surface area contributed by atoms with Crippen LogP contribution < -0.4 is 11.1 Å². The first kappa shape index (κ1) is 15.8. The molecule has 1 aromatic heterocycles. The fourth-order valence-corrected chi connectivity index (χ4v) is 4.95. The van der Waals surface area contributed by atoms with Crippen LogP contribution in [0.5, 0.6) is 0 Å². The van der Waals surface area contributed by atoms with E-state index in [1.807, 2.05) is 19.1 Å². The second kappa shape index (κ2) is 6.01. The Hall–Kier alpha value is -1.66. The number of rotatable bonds is 2. The predicted molar refractivity (Wildman–Crippen MR) is 96.4 cm³/mol. The maximum absolute atomic E-state index is 12.7. The number of carbonyl (C=O) groups is 1. The first-order valence-electron chi connectivity index (χ1n) is 8.66. The Balaban J connectivity index is 1.48. The Kier molecular flexibility index (Phi) is 3.96. The summed E-state index contributed by atoms with van der Waals surface area (Å²) in [6, 6.07) is 3.89. The maximum atomic E-state index is 12.7. The molecule has 2 fully saturated rings. The van der Waals surface area contributed by atoms with Crippen LogP contribution in [0.1, 0.15) is 54.4 Å². The molecule has 6 heteroatoms. The number of ether oxygens (including phenoxy) is 1. The van der Waals surface area contributed by atoms with Gasteiger partial charge in [-0.3, -0.25) is 4.79 Å². The van der Waals surface area contributed by atoms with Crippen molar-refractivity contribution in [1.29, 1.82) is 0 Å². The van der Waals surface area contributed by atoms with E-state index in [-0.39, 0.29) is 17.6 Å². The Bertz CT molecular complexity index is 780. The summed E-state index contributed by atoms with van der Waals surface area (Å²) in [5, 5.41) is 3.69. The monoisotopic (exact) mass is 345 g/mol. The molecule has 1 aromatic carbocycles. The summed E-state index contributed by atoms with van der Waals surface area (Å²) in [5.74, 6) is -0.0339. The van der Waals surface area contributed by atoms with Crippen LogP contribution in [0.15, 0.2) is 12.1 Å². The van der Waals surface area contributed by atoms with Gasteiger partial charge in [0.05, 0.1) is 28.5 Å². The summed E-state index contributed by atoms with van der Waals surface area (Å²) < 4.78 is 7.05. The minimum absolute atomic E-state index is 0.0161. The molecule has 3 N–H and O–H groups in total. The average molecular weight is 345 g/mol. The molecule has 128 valence electrons. The Morgan fingerprint density at radius 2 is 2.17 bits per heavy atom. The third-order valence-electron chi connectivity index (χ3n) is 5.27. The number of benzene rings is 1. The fraction of sp³-hybridized carbons (Fsp3) is 0.556. The van der Waals surface area contributed by atoms with Gasteiger partial charge in [0.1, 0.15) is 0 Å². The van der Waals surface area contributed by atoms with Gasteiger partial charge in [-0.05, 0) is 43.9 Å². The average Bonchev–Trinajstić information content (AvgIpc) is 3.11. The zero-order valence-electron chi connectivity index (χ0n) is 13.9. The number of nitrogens with two attached hydrogens (primary N) is 1. The third kappa shape index (κ3) is 2.89. The van der Waals surface area contributed by atoms with Crippen molar-refractivity contribution in [2.45, 2.75) is 57.1 Å². The maximum Gasteiger partial charge on any atom is 0.251 e. The summed E-state index contributed by atoms with van der Waals surface area (Å²) in [6.07, 6.45) is 6.98. The molecule has 1 atom stereocenters. The highest BCUT2D eigenvalue weighted by Gasteiger charge is 2.41. The van der Waals surface area contributed by atoms with Gasteiger partial charge in [-0.15, -0.1) is 0 Å². The van der Waals surface area contributed by atoms with Crippen LogP contribution in [-0.2, 0) is 4.74 Å². The van der Waals surface area contributed by atoms with Crippen molar-refractivity contribution in [3.8, 4) is 0 Å². The van der Waals surface area contributed by atoms with Crippen molar-refractivity contribution >= 4 is 32.6 Å². The van der Waals surface area contributed by atoms with Crippen molar-refractivity contribution in [2.24, 2.45) is 0 Å². The molecule has 2 aromatic rings. The number of nitrogens with zero attached hydrogens (tertiary/aromatic N) is 1. The van der Waals surface area contributed by atoms with Crippen molar-refractivity contribution in [1.82, 2.24) is 10.3 Å². The SMILES string of the molecule is Cc1cc(C(=O)N[C@H]2COC3(CCCCC3)C2)cc2sc(N)nc12. The zero-order chi connectivity index (χ0) is 16.7. The van der Waals surface area contributed by atoms with E-state index < -0.39 is 0 Å². The van der Waals surface area contributed by atoms with Gasteiger partial charge in [0.2, 0.25) is 0 Å². The first-order chi connectivity index (χ1) is 11.5. The van der Waals surface area contributed by atoms with Crippen LogP contribution in [0.4, 0.5) is 5.13 Å². The summed E-state index contributed by atoms with van der Waals surface area (Å²) in [4.78, 5) is 17.0. The van der Waals surface area contributed by atoms with Crippen molar-refractivity contribution in [3.05, 3.63) is 23.3 Å². The van der Waals surface area contributed by atoms with Crippen LogP contribution in [0.2, 0.25) is 0 Å². The standard InChI is InChI=1S/C18H23N3O2S/c1-11-7-12(8-14-15(11)21-17(19)24-14)16(22)20-13-9-18(23-10-13)5-3-2-4-6-18/h7-8,13H,2-6,9-10H2,1H3,(H2,19,21)(H,20,22)/t13-/m1/s1. The lowest BCUT2D eigenvalue weighted by atomic mass is 9.82. The molecule has 0 bridgehead atoms. The number of nitrogens with one attached hydrogen (secondary N) is 1. The second-order valence-corrected chi connectivity index (χ2v) is 8.18. The van der Waals surface area contributed by atoms with E-state index in [0.717, 1.165) is 35.0 Å². The lowest BCUT2D eigenvalue weighted by Crippen LogP contribution is -2.37. The van der Waals surface area contributed by atoms with Gasteiger partial charge in [0.25, 0.3) is 5.91 Å². The molecule has 1 spiro atoms. The topological polar surface area (TPSA) is 77.2 Å². The molecule has 2 heterocycles. The van der Waals surface area contributed by atoms with Crippen molar-refractivity contribution in [3.63, 3.8) is 0 Å². The number of hydrogen-bond acceptors (Lipinski definition) is 5. The lowest BCUT2D eigenvalue weighted by Gasteiger charge is -2.32. The highest BCUT2D eigenvalue weighted by atomic mass is 32.1. The highest BCUT2D eigenvalue weighted by Crippen LogP contribution is 2.39. The van der Waals surface area contributed by atoms with E-state index in [1.165, 1.54) is 30.6 Å². The van der Waals surface area contributed by atoms with Crippen LogP contribution in [0.25, 0.3) is 10.2 Å². The molecular formula is C18H23N3O2S. The number of hydrogen-bond donors (Lipinski definition) is 2. The first-order valence-corrected chi connectivity index (χ1v) is 9.48. The van der Waals surface area contributed by atoms with Crippen LogP contribution >= 0.6 is 11.3 Å². The molecule has 0 radical (unpaired) electrons. The molecule has 2 aliphatic rings. The Morgan fingerprint density at radius 1 is 1.38 bits per heavy atom. The second-order valence-electron chi connectivity index (χ2n) is 7.12. The van der Waals surface area contributed by atoms with E-state index in [2.05, 4.69) is 10.3 Å². The van der Waals surface area contributed by atoms with Gasteiger partial charge in [-0.2, -0.15) is 0 Å². The van der Waals surface area contributed by atoms with Crippen molar-refractivity contribution < 1.29 is 9.53 Å². The number of carbonyl (C=O) groups excluding carboxylic acids is 1. The molecule has 1 saturated heterocycles. The van der Waals surface area contributed by atoms with Crippen LogP contribution in [0, 0.1) is 6.92 Å². The molecule has 1 aliphatic carbocycles. The number of anilines is 1. The van der Waals surface area contributed by atoms with Gasteiger partial charge in [0.15, 0.2) is 5.13 Å². The Labute approximate surface area is 145 Å².